The molecule has 0 bridgehead atoms. The molecule has 1 atom stereocenters. The molecular formula is C15H23NOS. The second kappa shape index (κ2) is 6.48. The van der Waals surface area contributed by atoms with E-state index in [4.69, 9.17) is 0 Å². The van der Waals surface area contributed by atoms with Crippen molar-refractivity contribution in [1.82, 2.24) is 4.90 Å². The molecule has 0 spiro atoms. The van der Waals surface area contributed by atoms with E-state index in [0.29, 0.717) is 24.3 Å². The molecule has 0 radical (unpaired) electrons. The van der Waals surface area contributed by atoms with E-state index >= 15 is 0 Å². The van der Waals surface area contributed by atoms with Gasteiger partial charge in [0.05, 0.1) is 6.54 Å². The predicted octanol–water partition coefficient (Wildman–Crippen LogP) is 3.37. The molecule has 18 heavy (non-hydrogen) atoms. The Kier molecular flexibility index (Phi) is 4.95. The van der Waals surface area contributed by atoms with Gasteiger partial charge in [-0.05, 0) is 44.7 Å². The van der Waals surface area contributed by atoms with Gasteiger partial charge >= 0.3 is 0 Å². The normalized spacial score (nSPS) is 18.4. The van der Waals surface area contributed by atoms with Gasteiger partial charge in [0.15, 0.2) is 0 Å². The van der Waals surface area contributed by atoms with Crippen molar-refractivity contribution in [3.05, 3.63) is 22.4 Å². The summed E-state index contributed by atoms with van der Waals surface area (Å²) in [5, 5.41) is 2.12. The molecule has 0 aromatic carbocycles. The van der Waals surface area contributed by atoms with Crippen LogP contribution in [0.15, 0.2) is 17.5 Å². The predicted molar refractivity (Wildman–Crippen MR) is 77.1 cm³/mol. The van der Waals surface area contributed by atoms with E-state index in [-0.39, 0.29) is 0 Å². The number of hydrogen-bond acceptors (Lipinski definition) is 3. The van der Waals surface area contributed by atoms with Crippen molar-refractivity contribution >= 4 is 17.1 Å². The molecule has 1 unspecified atom stereocenters. The highest BCUT2D eigenvalue weighted by Crippen LogP contribution is 2.25. The second-order valence-corrected chi connectivity index (χ2v) is 6.53. The number of carbonyl (C=O) groups is 1. The van der Waals surface area contributed by atoms with Gasteiger partial charge < -0.3 is 0 Å². The zero-order valence-electron chi connectivity index (χ0n) is 11.4. The van der Waals surface area contributed by atoms with Gasteiger partial charge in [-0.3, -0.25) is 9.69 Å². The van der Waals surface area contributed by atoms with E-state index in [1.54, 1.807) is 11.3 Å². The molecule has 0 aliphatic heterocycles. The van der Waals surface area contributed by atoms with Crippen LogP contribution in [0.25, 0.3) is 0 Å². The number of carbonyl (C=O) groups excluding carboxylic acids is 1. The molecule has 2 nitrogen and oxygen atoms in total. The fourth-order valence-corrected chi connectivity index (χ4v) is 3.48. The number of likely N-dealkylation sites (N-methyl/N-ethyl adjacent to an activating group) is 1. The maximum atomic E-state index is 12.1. The summed E-state index contributed by atoms with van der Waals surface area (Å²) >= 11 is 1.80. The van der Waals surface area contributed by atoms with Crippen molar-refractivity contribution in [1.29, 1.82) is 0 Å². The summed E-state index contributed by atoms with van der Waals surface area (Å²) in [5.74, 6) is 0.800. The van der Waals surface area contributed by atoms with Gasteiger partial charge in [-0.15, -0.1) is 11.3 Å². The summed E-state index contributed by atoms with van der Waals surface area (Å²) in [4.78, 5) is 15.7. The highest BCUT2D eigenvalue weighted by atomic mass is 32.1. The van der Waals surface area contributed by atoms with Gasteiger partial charge in [0, 0.05) is 16.8 Å². The molecule has 1 fully saturated rings. The van der Waals surface area contributed by atoms with Crippen LogP contribution in [0, 0.1) is 5.92 Å². The Labute approximate surface area is 114 Å². The maximum absolute atomic E-state index is 12.1. The van der Waals surface area contributed by atoms with Crippen molar-refractivity contribution in [3.8, 4) is 0 Å². The van der Waals surface area contributed by atoms with Gasteiger partial charge in [0.2, 0.25) is 0 Å². The highest BCUT2D eigenvalue weighted by Gasteiger charge is 2.24. The number of rotatable bonds is 6. The van der Waals surface area contributed by atoms with E-state index in [1.165, 1.54) is 17.7 Å². The molecule has 1 aromatic heterocycles. The largest absolute Gasteiger partial charge is 0.298 e. The fraction of sp³-hybridized carbons (Fsp3) is 0.667. The first-order valence-electron chi connectivity index (χ1n) is 6.92. The Bertz CT molecular complexity index is 368. The van der Waals surface area contributed by atoms with Crippen LogP contribution >= 0.6 is 11.3 Å². The van der Waals surface area contributed by atoms with E-state index < -0.39 is 0 Å². The van der Waals surface area contributed by atoms with Gasteiger partial charge in [0.25, 0.3) is 0 Å². The third-order valence-electron chi connectivity index (χ3n) is 4.04. The summed E-state index contributed by atoms with van der Waals surface area (Å²) in [6.45, 7) is 2.83. The minimum Gasteiger partial charge on any atom is -0.298 e. The van der Waals surface area contributed by atoms with Crippen LogP contribution in [0.5, 0.6) is 0 Å². The fourth-order valence-electron chi connectivity index (χ4n) is 2.65. The quantitative estimate of drug-likeness (QED) is 0.786. The number of ketones is 1. The van der Waals surface area contributed by atoms with Gasteiger partial charge in [-0.2, -0.15) is 0 Å². The molecule has 3 heteroatoms. The lowest BCUT2D eigenvalue weighted by Gasteiger charge is -2.24. The molecule has 1 aliphatic rings. The standard InChI is InChI=1S/C15H23NOS/c1-12(10-14-8-5-9-18-14)16(2)11-15(17)13-6-3-4-7-13/h5,8-9,12-13H,3-4,6-7,10-11H2,1-2H3. The van der Waals surface area contributed by atoms with Gasteiger partial charge in [-0.25, -0.2) is 0 Å². The minimum absolute atomic E-state index is 0.349. The first-order valence-corrected chi connectivity index (χ1v) is 7.80. The van der Waals surface area contributed by atoms with E-state index in [0.717, 1.165) is 19.3 Å². The molecular weight excluding hydrogens is 242 g/mol. The lowest BCUT2D eigenvalue weighted by molar-refractivity contribution is -0.123. The lowest BCUT2D eigenvalue weighted by Crippen LogP contribution is -2.37. The molecule has 100 valence electrons. The van der Waals surface area contributed by atoms with Crippen LogP contribution in [0.4, 0.5) is 0 Å². The van der Waals surface area contributed by atoms with Crippen LogP contribution in [0.1, 0.15) is 37.5 Å². The summed E-state index contributed by atoms with van der Waals surface area (Å²) in [5.41, 5.74) is 0. The van der Waals surface area contributed by atoms with Crippen molar-refractivity contribution in [2.75, 3.05) is 13.6 Å². The average molecular weight is 265 g/mol. The molecule has 0 N–H and O–H groups in total. The summed E-state index contributed by atoms with van der Waals surface area (Å²) < 4.78 is 0. The highest BCUT2D eigenvalue weighted by molar-refractivity contribution is 7.09. The summed E-state index contributed by atoms with van der Waals surface area (Å²) in [7, 11) is 2.07. The Morgan fingerprint density at radius 2 is 2.22 bits per heavy atom. The first-order chi connectivity index (χ1) is 8.66. The first kappa shape index (κ1) is 13.8. The smallest absolute Gasteiger partial charge is 0.149 e. The Morgan fingerprint density at radius 1 is 1.50 bits per heavy atom. The van der Waals surface area contributed by atoms with Crippen molar-refractivity contribution in [2.24, 2.45) is 5.92 Å². The molecule has 2 rings (SSSR count). The van der Waals surface area contributed by atoms with Crippen molar-refractivity contribution < 1.29 is 4.79 Å². The van der Waals surface area contributed by atoms with E-state index in [2.05, 4.69) is 36.4 Å². The maximum Gasteiger partial charge on any atom is 0.149 e. The molecule has 0 amide bonds. The Balaban J connectivity index is 1.79. The molecule has 1 heterocycles. The Morgan fingerprint density at radius 3 is 2.83 bits per heavy atom. The van der Waals surface area contributed by atoms with Crippen LogP contribution < -0.4 is 0 Å². The third kappa shape index (κ3) is 3.66. The molecule has 1 saturated carbocycles. The van der Waals surface area contributed by atoms with E-state index in [9.17, 15) is 4.79 Å². The van der Waals surface area contributed by atoms with Crippen LogP contribution in [0.2, 0.25) is 0 Å². The Hall–Kier alpha value is -0.670. The minimum atomic E-state index is 0.349. The van der Waals surface area contributed by atoms with Crippen molar-refractivity contribution in [3.63, 3.8) is 0 Å². The summed E-state index contributed by atoms with van der Waals surface area (Å²) in [6, 6.07) is 4.71. The summed E-state index contributed by atoms with van der Waals surface area (Å²) in [6.07, 6.45) is 5.76. The van der Waals surface area contributed by atoms with Crippen molar-refractivity contribution in [2.45, 2.75) is 45.1 Å². The van der Waals surface area contributed by atoms with Crippen LogP contribution in [0.3, 0.4) is 0 Å². The zero-order valence-corrected chi connectivity index (χ0v) is 12.2. The number of thiophene rings is 1. The molecule has 0 saturated heterocycles. The van der Waals surface area contributed by atoms with Crippen LogP contribution in [-0.2, 0) is 11.2 Å². The second-order valence-electron chi connectivity index (χ2n) is 5.50. The average Bonchev–Trinajstić information content (AvgIpc) is 3.01. The van der Waals surface area contributed by atoms with Crippen LogP contribution in [-0.4, -0.2) is 30.3 Å². The number of hydrogen-bond donors (Lipinski definition) is 0. The van der Waals surface area contributed by atoms with Gasteiger partial charge in [-0.1, -0.05) is 18.9 Å². The van der Waals surface area contributed by atoms with E-state index in [1.807, 2.05) is 0 Å². The molecule has 1 aromatic rings. The topological polar surface area (TPSA) is 20.3 Å². The zero-order chi connectivity index (χ0) is 13.0. The third-order valence-corrected chi connectivity index (χ3v) is 4.94. The number of Topliss-reactive ketones (excluding diaryl/α,β-unsaturated/α-hetero) is 1. The monoisotopic (exact) mass is 265 g/mol. The molecule has 1 aliphatic carbocycles. The van der Waals surface area contributed by atoms with Gasteiger partial charge in [0.1, 0.15) is 5.78 Å². The lowest BCUT2D eigenvalue weighted by atomic mass is 10.0. The SMILES string of the molecule is CC(Cc1cccs1)N(C)CC(=O)C1CCCC1. The number of nitrogens with zero attached hydrogens (tertiary/aromatic N) is 1.